The Hall–Kier alpha value is -1.95. The molecular weight excluding hydrogens is 253 g/mol. The van der Waals surface area contributed by atoms with E-state index in [1.54, 1.807) is 13.0 Å². The van der Waals surface area contributed by atoms with Gasteiger partial charge in [0, 0.05) is 13.7 Å². The van der Waals surface area contributed by atoms with E-state index in [0.29, 0.717) is 5.56 Å². The van der Waals surface area contributed by atoms with Crippen molar-refractivity contribution in [2.45, 2.75) is 6.92 Å². The molecule has 1 aromatic rings. The monoisotopic (exact) mass is 269 g/mol. The van der Waals surface area contributed by atoms with Gasteiger partial charge in [0.05, 0.1) is 12.2 Å². The minimum atomic E-state index is -1.16. The van der Waals surface area contributed by atoms with Crippen LogP contribution in [0.25, 0.3) is 0 Å². The Labute approximate surface area is 110 Å². The van der Waals surface area contributed by atoms with E-state index in [1.807, 2.05) is 0 Å². The van der Waals surface area contributed by atoms with Gasteiger partial charge in [-0.05, 0) is 24.6 Å². The molecule has 5 nitrogen and oxygen atoms in total. The molecule has 6 heteroatoms. The minimum absolute atomic E-state index is 0.0922. The number of carboxylic acids is 1. The molecule has 0 fully saturated rings. The number of ether oxygens (including phenoxy) is 1. The number of halogens is 1. The summed E-state index contributed by atoms with van der Waals surface area (Å²) in [5, 5.41) is 8.76. The van der Waals surface area contributed by atoms with Crippen LogP contribution in [0, 0.1) is 12.7 Å². The molecule has 1 aromatic carbocycles. The Morgan fingerprint density at radius 3 is 2.63 bits per heavy atom. The number of nitrogens with zero attached hydrogens (tertiary/aromatic N) is 1. The van der Waals surface area contributed by atoms with Crippen molar-refractivity contribution < 1.29 is 23.8 Å². The smallest absolute Gasteiger partial charge is 0.323 e. The number of hydrogen-bond acceptors (Lipinski definition) is 3. The van der Waals surface area contributed by atoms with Gasteiger partial charge in [-0.25, -0.2) is 4.39 Å². The van der Waals surface area contributed by atoms with Crippen molar-refractivity contribution in [2.24, 2.45) is 0 Å². The Morgan fingerprint density at radius 2 is 2.11 bits per heavy atom. The van der Waals surface area contributed by atoms with E-state index in [1.165, 1.54) is 19.2 Å². The van der Waals surface area contributed by atoms with Crippen molar-refractivity contribution in [3.8, 4) is 0 Å². The molecule has 0 heterocycles. The molecule has 0 radical (unpaired) electrons. The molecule has 0 atom stereocenters. The van der Waals surface area contributed by atoms with Crippen molar-refractivity contribution in [3.05, 3.63) is 35.1 Å². The number of rotatable bonds is 6. The second kappa shape index (κ2) is 6.84. The predicted octanol–water partition coefficient (Wildman–Crippen LogP) is 1.31. The maximum Gasteiger partial charge on any atom is 0.323 e. The first-order chi connectivity index (χ1) is 8.95. The number of aliphatic carboxylic acids is 1. The van der Waals surface area contributed by atoms with Crippen molar-refractivity contribution >= 4 is 11.9 Å². The molecule has 0 saturated heterocycles. The normalized spacial score (nSPS) is 10.3. The first-order valence-corrected chi connectivity index (χ1v) is 5.72. The number of amides is 1. The Morgan fingerprint density at radius 1 is 1.42 bits per heavy atom. The molecule has 0 unspecified atom stereocenters. The summed E-state index contributed by atoms with van der Waals surface area (Å²) >= 11 is 0. The number of carboxylic acid groups (broad SMARTS) is 1. The Bertz CT molecular complexity index is 476. The maximum atomic E-state index is 13.7. The number of carbonyl (C=O) groups excluding carboxylic acids is 1. The summed E-state index contributed by atoms with van der Waals surface area (Å²) in [5.74, 6) is -2.47. The first-order valence-electron chi connectivity index (χ1n) is 5.72. The average molecular weight is 269 g/mol. The van der Waals surface area contributed by atoms with Crippen LogP contribution in [-0.2, 0) is 9.53 Å². The van der Waals surface area contributed by atoms with E-state index in [4.69, 9.17) is 9.84 Å². The molecule has 0 saturated carbocycles. The number of aryl methyl sites for hydroxylation is 1. The lowest BCUT2D eigenvalue weighted by atomic mass is 10.1. The highest BCUT2D eigenvalue weighted by Gasteiger charge is 2.21. The van der Waals surface area contributed by atoms with Gasteiger partial charge in [0.25, 0.3) is 5.91 Å². The summed E-state index contributed by atoms with van der Waals surface area (Å²) in [6.07, 6.45) is 0. The van der Waals surface area contributed by atoms with Crippen molar-refractivity contribution in [1.82, 2.24) is 4.90 Å². The zero-order valence-electron chi connectivity index (χ0n) is 10.9. The van der Waals surface area contributed by atoms with Crippen LogP contribution < -0.4 is 0 Å². The van der Waals surface area contributed by atoms with Crippen LogP contribution in [0.1, 0.15) is 15.9 Å². The van der Waals surface area contributed by atoms with Gasteiger partial charge >= 0.3 is 5.97 Å². The standard InChI is InChI=1S/C13H16FNO4/c1-9-3-4-10(11(14)7-9)13(18)15(5-6-19-2)8-12(16)17/h3-4,7H,5-6,8H2,1-2H3,(H,16,17). The maximum absolute atomic E-state index is 13.7. The van der Waals surface area contributed by atoms with Crippen LogP contribution in [0.5, 0.6) is 0 Å². The molecule has 104 valence electrons. The molecular formula is C13H16FNO4. The molecule has 0 bridgehead atoms. The van der Waals surface area contributed by atoms with Gasteiger partial charge in [0.15, 0.2) is 0 Å². The third-order valence-electron chi connectivity index (χ3n) is 2.53. The van der Waals surface area contributed by atoms with E-state index in [2.05, 4.69) is 0 Å². The summed E-state index contributed by atoms with van der Waals surface area (Å²) in [6.45, 7) is 1.49. The number of methoxy groups -OCH3 is 1. The molecule has 19 heavy (non-hydrogen) atoms. The Kier molecular flexibility index (Phi) is 5.44. The molecule has 1 rings (SSSR count). The van der Waals surface area contributed by atoms with Crippen molar-refractivity contribution in [1.29, 1.82) is 0 Å². The summed E-state index contributed by atoms with van der Waals surface area (Å²) in [5.41, 5.74) is 0.554. The number of carbonyl (C=O) groups is 2. The molecule has 0 spiro atoms. The Balaban J connectivity index is 2.93. The molecule has 0 aliphatic rings. The minimum Gasteiger partial charge on any atom is -0.480 e. The van der Waals surface area contributed by atoms with Crippen LogP contribution in [0.15, 0.2) is 18.2 Å². The van der Waals surface area contributed by atoms with Crippen molar-refractivity contribution in [2.75, 3.05) is 26.8 Å². The highest BCUT2D eigenvalue weighted by atomic mass is 19.1. The summed E-state index contributed by atoms with van der Waals surface area (Å²) in [7, 11) is 1.44. The topological polar surface area (TPSA) is 66.8 Å². The van der Waals surface area contributed by atoms with Gasteiger partial charge < -0.3 is 14.7 Å². The lowest BCUT2D eigenvalue weighted by molar-refractivity contribution is -0.137. The van der Waals surface area contributed by atoms with Crippen LogP contribution in [0.4, 0.5) is 4.39 Å². The highest BCUT2D eigenvalue weighted by molar-refractivity contribution is 5.96. The van der Waals surface area contributed by atoms with Crippen LogP contribution in [0.3, 0.4) is 0 Å². The number of benzene rings is 1. The molecule has 1 amide bonds. The van der Waals surface area contributed by atoms with Gasteiger partial charge in [-0.1, -0.05) is 6.07 Å². The third-order valence-corrected chi connectivity index (χ3v) is 2.53. The van der Waals surface area contributed by atoms with Gasteiger partial charge in [-0.15, -0.1) is 0 Å². The van der Waals surface area contributed by atoms with Crippen LogP contribution >= 0.6 is 0 Å². The molecule has 0 aliphatic carbocycles. The molecule has 0 aromatic heterocycles. The van der Waals surface area contributed by atoms with Gasteiger partial charge in [-0.3, -0.25) is 9.59 Å². The van der Waals surface area contributed by atoms with Crippen molar-refractivity contribution in [3.63, 3.8) is 0 Å². The fraction of sp³-hybridized carbons (Fsp3) is 0.385. The second-order valence-electron chi connectivity index (χ2n) is 4.10. The van der Waals surface area contributed by atoms with Gasteiger partial charge in [0.2, 0.25) is 0 Å². The first kappa shape index (κ1) is 15.1. The fourth-order valence-electron chi connectivity index (χ4n) is 1.58. The lowest BCUT2D eigenvalue weighted by Gasteiger charge is -2.20. The van der Waals surface area contributed by atoms with E-state index >= 15 is 0 Å². The highest BCUT2D eigenvalue weighted by Crippen LogP contribution is 2.12. The van der Waals surface area contributed by atoms with Crippen LogP contribution in [0.2, 0.25) is 0 Å². The summed E-state index contributed by atoms with van der Waals surface area (Å²) < 4.78 is 18.5. The number of hydrogen-bond donors (Lipinski definition) is 1. The SMILES string of the molecule is COCCN(CC(=O)O)C(=O)c1ccc(C)cc1F. The predicted molar refractivity (Wildman–Crippen MR) is 66.6 cm³/mol. The van der Waals surface area contributed by atoms with E-state index < -0.39 is 24.2 Å². The average Bonchev–Trinajstić information content (AvgIpc) is 2.33. The third kappa shape index (κ3) is 4.33. The zero-order chi connectivity index (χ0) is 14.4. The van der Waals surface area contributed by atoms with E-state index in [9.17, 15) is 14.0 Å². The largest absolute Gasteiger partial charge is 0.480 e. The fourth-order valence-corrected chi connectivity index (χ4v) is 1.58. The zero-order valence-corrected chi connectivity index (χ0v) is 10.9. The van der Waals surface area contributed by atoms with Gasteiger partial charge in [-0.2, -0.15) is 0 Å². The van der Waals surface area contributed by atoms with Crippen LogP contribution in [-0.4, -0.2) is 48.7 Å². The molecule has 1 N–H and O–H groups in total. The van der Waals surface area contributed by atoms with E-state index in [0.717, 1.165) is 4.90 Å². The quantitative estimate of drug-likeness (QED) is 0.845. The van der Waals surface area contributed by atoms with Gasteiger partial charge in [0.1, 0.15) is 12.4 Å². The molecule has 0 aliphatic heterocycles. The van der Waals surface area contributed by atoms with E-state index in [-0.39, 0.29) is 18.7 Å². The summed E-state index contributed by atoms with van der Waals surface area (Å²) in [6, 6.07) is 4.20. The lowest BCUT2D eigenvalue weighted by Crippen LogP contribution is -2.38. The summed E-state index contributed by atoms with van der Waals surface area (Å²) in [4.78, 5) is 23.8. The second-order valence-corrected chi connectivity index (χ2v) is 4.10.